The summed E-state index contributed by atoms with van der Waals surface area (Å²) in [5.74, 6) is 4.36. The Morgan fingerprint density at radius 2 is 2.11 bits per heavy atom. The van der Waals surface area contributed by atoms with Gasteiger partial charge in [-0.05, 0) is 30.0 Å². The zero-order chi connectivity index (χ0) is 13.1. The molecule has 1 heterocycles. The van der Waals surface area contributed by atoms with Gasteiger partial charge in [-0.25, -0.2) is 8.78 Å². The summed E-state index contributed by atoms with van der Waals surface area (Å²) in [6.45, 7) is 1.61. The minimum absolute atomic E-state index is 0.358. The fraction of sp³-hybridized carbons (Fsp3) is 0.231. The van der Waals surface area contributed by atoms with E-state index in [2.05, 4.69) is 5.43 Å². The summed E-state index contributed by atoms with van der Waals surface area (Å²) in [7, 11) is 0. The molecule has 2 nitrogen and oxygen atoms in total. The molecule has 1 aromatic carbocycles. The SMILES string of the molecule is Cc1cc(C(Cc2cccs2)NN)c(F)cc1F. The van der Waals surface area contributed by atoms with Gasteiger partial charge in [-0.3, -0.25) is 11.3 Å². The van der Waals surface area contributed by atoms with E-state index in [1.54, 1.807) is 18.3 Å². The van der Waals surface area contributed by atoms with Gasteiger partial charge in [0, 0.05) is 22.9 Å². The maximum Gasteiger partial charge on any atom is 0.130 e. The van der Waals surface area contributed by atoms with Crippen molar-refractivity contribution in [2.45, 2.75) is 19.4 Å². The molecule has 0 aliphatic heterocycles. The summed E-state index contributed by atoms with van der Waals surface area (Å²) < 4.78 is 27.0. The summed E-state index contributed by atoms with van der Waals surface area (Å²) in [5, 5.41) is 1.95. The molecule has 96 valence electrons. The summed E-state index contributed by atoms with van der Waals surface area (Å²) in [6, 6.07) is 5.94. The van der Waals surface area contributed by atoms with Crippen LogP contribution in [-0.4, -0.2) is 0 Å². The van der Waals surface area contributed by atoms with E-state index in [-0.39, 0.29) is 6.04 Å². The number of rotatable bonds is 4. The Morgan fingerprint density at radius 1 is 1.33 bits per heavy atom. The van der Waals surface area contributed by atoms with E-state index in [9.17, 15) is 8.78 Å². The lowest BCUT2D eigenvalue weighted by Gasteiger charge is -2.17. The second-order valence-electron chi connectivity index (χ2n) is 4.13. The van der Waals surface area contributed by atoms with E-state index >= 15 is 0 Å². The van der Waals surface area contributed by atoms with Gasteiger partial charge in [0.15, 0.2) is 0 Å². The molecule has 0 saturated carbocycles. The van der Waals surface area contributed by atoms with Gasteiger partial charge in [0.05, 0.1) is 6.04 Å². The van der Waals surface area contributed by atoms with Crippen LogP contribution in [0.5, 0.6) is 0 Å². The van der Waals surface area contributed by atoms with Gasteiger partial charge in [0.1, 0.15) is 11.6 Å². The molecule has 3 N–H and O–H groups in total. The average Bonchev–Trinajstić information content (AvgIpc) is 2.84. The third-order valence-electron chi connectivity index (χ3n) is 2.84. The van der Waals surface area contributed by atoms with Crippen LogP contribution < -0.4 is 11.3 Å². The van der Waals surface area contributed by atoms with E-state index in [1.807, 2.05) is 17.5 Å². The van der Waals surface area contributed by atoms with Crippen LogP contribution in [0.2, 0.25) is 0 Å². The molecule has 1 aromatic heterocycles. The van der Waals surface area contributed by atoms with Crippen molar-refractivity contribution in [3.63, 3.8) is 0 Å². The van der Waals surface area contributed by atoms with Crippen LogP contribution in [0.4, 0.5) is 8.78 Å². The molecule has 0 amide bonds. The minimum atomic E-state index is -0.572. The standard InChI is InChI=1S/C13H14F2N2S/c1-8-5-10(12(15)7-11(8)14)13(17-16)6-9-3-2-4-18-9/h2-5,7,13,17H,6,16H2,1H3. The van der Waals surface area contributed by atoms with Crippen molar-refractivity contribution in [1.82, 2.24) is 5.43 Å². The van der Waals surface area contributed by atoms with Crippen LogP contribution in [0.3, 0.4) is 0 Å². The molecule has 1 atom stereocenters. The topological polar surface area (TPSA) is 38.0 Å². The maximum absolute atomic E-state index is 13.8. The number of nitrogens with two attached hydrogens (primary N) is 1. The summed E-state index contributed by atoms with van der Waals surface area (Å²) in [6.07, 6.45) is 0.580. The second kappa shape index (κ2) is 5.56. The summed E-state index contributed by atoms with van der Waals surface area (Å²) >= 11 is 1.58. The van der Waals surface area contributed by atoms with Gasteiger partial charge in [-0.1, -0.05) is 6.07 Å². The van der Waals surface area contributed by atoms with Crippen LogP contribution >= 0.6 is 11.3 Å². The summed E-state index contributed by atoms with van der Waals surface area (Å²) in [4.78, 5) is 1.10. The van der Waals surface area contributed by atoms with Crippen LogP contribution in [0.15, 0.2) is 29.6 Å². The highest BCUT2D eigenvalue weighted by Crippen LogP contribution is 2.25. The van der Waals surface area contributed by atoms with E-state index < -0.39 is 11.6 Å². The van der Waals surface area contributed by atoms with Crippen molar-refractivity contribution < 1.29 is 8.78 Å². The molecular formula is C13H14F2N2S. The lowest BCUT2D eigenvalue weighted by Crippen LogP contribution is -2.30. The van der Waals surface area contributed by atoms with Crippen molar-refractivity contribution in [3.05, 3.63) is 57.3 Å². The fourth-order valence-electron chi connectivity index (χ4n) is 1.84. The number of thiophene rings is 1. The van der Waals surface area contributed by atoms with Crippen LogP contribution in [0.25, 0.3) is 0 Å². The van der Waals surface area contributed by atoms with E-state index in [0.29, 0.717) is 17.5 Å². The van der Waals surface area contributed by atoms with Gasteiger partial charge in [-0.15, -0.1) is 11.3 Å². The quantitative estimate of drug-likeness (QED) is 0.660. The first-order chi connectivity index (χ1) is 8.61. The number of hydrazine groups is 1. The molecular weight excluding hydrogens is 254 g/mol. The van der Waals surface area contributed by atoms with Crippen LogP contribution in [0, 0.1) is 18.6 Å². The van der Waals surface area contributed by atoms with Crippen molar-refractivity contribution in [2.24, 2.45) is 5.84 Å². The molecule has 5 heteroatoms. The first-order valence-corrected chi connectivity index (χ1v) is 6.44. The van der Waals surface area contributed by atoms with Crippen molar-refractivity contribution in [1.29, 1.82) is 0 Å². The average molecular weight is 268 g/mol. The highest BCUT2D eigenvalue weighted by atomic mass is 32.1. The Hall–Kier alpha value is -1.30. The highest BCUT2D eigenvalue weighted by molar-refractivity contribution is 7.09. The molecule has 0 fully saturated rings. The highest BCUT2D eigenvalue weighted by Gasteiger charge is 2.17. The molecule has 0 spiro atoms. The molecule has 18 heavy (non-hydrogen) atoms. The number of benzene rings is 1. The predicted octanol–water partition coefficient (Wildman–Crippen LogP) is 3.08. The van der Waals surface area contributed by atoms with Gasteiger partial charge in [0.25, 0.3) is 0 Å². The molecule has 0 radical (unpaired) electrons. The third kappa shape index (κ3) is 2.75. The van der Waals surface area contributed by atoms with Crippen LogP contribution in [-0.2, 0) is 6.42 Å². The lowest BCUT2D eigenvalue weighted by atomic mass is 10.0. The van der Waals surface area contributed by atoms with Crippen molar-refractivity contribution >= 4 is 11.3 Å². The molecule has 0 aliphatic rings. The molecule has 2 aromatic rings. The Bertz CT molecular complexity index is 526. The van der Waals surface area contributed by atoms with Gasteiger partial charge in [-0.2, -0.15) is 0 Å². The largest absolute Gasteiger partial charge is 0.271 e. The zero-order valence-electron chi connectivity index (χ0n) is 9.91. The second-order valence-corrected chi connectivity index (χ2v) is 5.16. The first kappa shape index (κ1) is 13.1. The van der Waals surface area contributed by atoms with E-state index in [1.165, 1.54) is 6.07 Å². The molecule has 0 bridgehead atoms. The van der Waals surface area contributed by atoms with E-state index in [0.717, 1.165) is 10.9 Å². The first-order valence-electron chi connectivity index (χ1n) is 5.56. The smallest absolute Gasteiger partial charge is 0.130 e. The lowest BCUT2D eigenvalue weighted by molar-refractivity contribution is 0.502. The van der Waals surface area contributed by atoms with Gasteiger partial charge in [0.2, 0.25) is 0 Å². The number of halogens is 2. The number of aryl methyl sites for hydroxylation is 1. The monoisotopic (exact) mass is 268 g/mol. The van der Waals surface area contributed by atoms with Crippen LogP contribution in [0.1, 0.15) is 22.0 Å². The Kier molecular flexibility index (Phi) is 4.06. The van der Waals surface area contributed by atoms with Crippen molar-refractivity contribution in [2.75, 3.05) is 0 Å². The molecule has 0 saturated heterocycles. The Morgan fingerprint density at radius 3 is 2.72 bits per heavy atom. The molecule has 2 rings (SSSR count). The van der Waals surface area contributed by atoms with E-state index in [4.69, 9.17) is 5.84 Å². The number of hydrogen-bond donors (Lipinski definition) is 2. The molecule has 1 unspecified atom stereocenters. The fourth-order valence-corrected chi connectivity index (χ4v) is 2.59. The van der Waals surface area contributed by atoms with Crippen molar-refractivity contribution in [3.8, 4) is 0 Å². The zero-order valence-corrected chi connectivity index (χ0v) is 10.7. The Labute approximate surface area is 108 Å². The third-order valence-corrected chi connectivity index (χ3v) is 3.74. The molecule has 0 aliphatic carbocycles. The van der Waals surface area contributed by atoms with Gasteiger partial charge >= 0.3 is 0 Å². The number of nitrogens with one attached hydrogen (secondary N) is 1. The number of hydrogen-bond acceptors (Lipinski definition) is 3. The minimum Gasteiger partial charge on any atom is -0.271 e. The normalized spacial score (nSPS) is 12.7. The Balaban J connectivity index is 2.30. The maximum atomic E-state index is 13.8. The summed E-state index contributed by atoms with van der Waals surface area (Å²) in [5.41, 5.74) is 3.40. The predicted molar refractivity (Wildman–Crippen MR) is 69.2 cm³/mol. The van der Waals surface area contributed by atoms with Gasteiger partial charge < -0.3 is 0 Å².